The van der Waals surface area contributed by atoms with Gasteiger partial charge >= 0.3 is 0 Å². The molecule has 4 rings (SSSR count). The molecule has 0 aliphatic carbocycles. The topological polar surface area (TPSA) is 55.6 Å². The molecule has 2 aromatic heterocycles. The molecule has 0 spiro atoms. The minimum atomic E-state index is -0.116. The van der Waals surface area contributed by atoms with E-state index >= 15 is 0 Å². The second-order valence-electron chi connectivity index (χ2n) is 5.75. The Balaban J connectivity index is 1.81. The van der Waals surface area contributed by atoms with Crippen LogP contribution in [0.2, 0.25) is 0 Å². The summed E-state index contributed by atoms with van der Waals surface area (Å²) in [6.45, 7) is 0.305. The van der Waals surface area contributed by atoms with Gasteiger partial charge in [0.15, 0.2) is 5.13 Å². The van der Waals surface area contributed by atoms with E-state index in [0.29, 0.717) is 28.7 Å². The van der Waals surface area contributed by atoms with Crippen molar-refractivity contribution in [3.05, 3.63) is 75.8 Å². The fourth-order valence-corrected chi connectivity index (χ4v) is 4.36. The molecule has 0 aliphatic heterocycles. The van der Waals surface area contributed by atoms with Gasteiger partial charge in [-0.1, -0.05) is 29.5 Å². The number of ether oxygens (including phenoxy) is 1. The number of halogens is 1. The van der Waals surface area contributed by atoms with E-state index in [2.05, 4.69) is 22.6 Å². The van der Waals surface area contributed by atoms with E-state index in [1.807, 2.05) is 54.6 Å². The Morgan fingerprint density at radius 2 is 2.04 bits per heavy atom. The molecule has 27 heavy (non-hydrogen) atoms. The number of furan rings is 1. The van der Waals surface area contributed by atoms with Gasteiger partial charge < -0.3 is 9.15 Å². The summed E-state index contributed by atoms with van der Waals surface area (Å²) < 4.78 is 12.7. The lowest BCUT2D eigenvalue weighted by atomic mass is 10.2. The van der Waals surface area contributed by atoms with E-state index in [0.717, 1.165) is 13.8 Å². The summed E-state index contributed by atoms with van der Waals surface area (Å²) in [5.74, 6) is 1.27. The minimum absolute atomic E-state index is 0.116. The summed E-state index contributed by atoms with van der Waals surface area (Å²) in [7, 11) is 1.62. The van der Waals surface area contributed by atoms with Crippen LogP contribution in [0.1, 0.15) is 16.1 Å². The monoisotopic (exact) mass is 490 g/mol. The average molecular weight is 490 g/mol. The number of benzene rings is 2. The molecule has 2 aromatic carbocycles. The number of amides is 1. The van der Waals surface area contributed by atoms with Gasteiger partial charge in [-0.05, 0) is 59.0 Å². The molecule has 0 N–H and O–H groups in total. The predicted molar refractivity (Wildman–Crippen MR) is 115 cm³/mol. The molecule has 1 amide bonds. The Kier molecular flexibility index (Phi) is 5.13. The van der Waals surface area contributed by atoms with Crippen molar-refractivity contribution in [2.24, 2.45) is 0 Å². The summed E-state index contributed by atoms with van der Waals surface area (Å²) in [5, 5.41) is 0.607. The molecule has 2 heterocycles. The van der Waals surface area contributed by atoms with E-state index in [9.17, 15) is 4.79 Å². The molecule has 0 fully saturated rings. The first kappa shape index (κ1) is 18.0. The fraction of sp³-hybridized carbons (Fsp3) is 0.100. The van der Waals surface area contributed by atoms with Crippen LogP contribution in [0.5, 0.6) is 5.75 Å². The van der Waals surface area contributed by atoms with Crippen LogP contribution in [-0.2, 0) is 6.54 Å². The molecule has 0 atom stereocenters. The zero-order valence-electron chi connectivity index (χ0n) is 14.4. The molecule has 5 nitrogen and oxygen atoms in total. The van der Waals surface area contributed by atoms with Crippen LogP contribution in [0.15, 0.2) is 65.3 Å². The third kappa shape index (κ3) is 3.57. The summed E-state index contributed by atoms with van der Waals surface area (Å²) >= 11 is 3.63. The number of carbonyl (C=O) groups excluding carboxylic acids is 1. The van der Waals surface area contributed by atoms with Crippen LogP contribution in [0.3, 0.4) is 0 Å². The zero-order valence-corrected chi connectivity index (χ0v) is 17.4. The standard InChI is InChI=1S/C20H15IN2O3S/c1-25-16-9-4-10-17-18(16)22-20(27-17)23(12-13-6-5-11-26-13)19(24)14-7-2-3-8-15(14)21/h2-11H,12H2,1H3. The van der Waals surface area contributed by atoms with Crippen LogP contribution in [0.25, 0.3) is 10.2 Å². The van der Waals surface area contributed by atoms with Gasteiger partial charge in [0.25, 0.3) is 5.91 Å². The lowest BCUT2D eigenvalue weighted by Gasteiger charge is -2.19. The molecular weight excluding hydrogens is 475 g/mol. The Labute approximate surface area is 173 Å². The highest BCUT2D eigenvalue weighted by atomic mass is 127. The van der Waals surface area contributed by atoms with Gasteiger partial charge in [0.2, 0.25) is 0 Å². The third-order valence-electron chi connectivity index (χ3n) is 4.06. The molecule has 136 valence electrons. The highest BCUT2D eigenvalue weighted by Gasteiger charge is 2.24. The maximum absolute atomic E-state index is 13.3. The summed E-state index contributed by atoms with van der Waals surface area (Å²) in [6, 6.07) is 16.9. The molecule has 0 aliphatic rings. The van der Waals surface area contributed by atoms with Crippen molar-refractivity contribution in [1.82, 2.24) is 4.98 Å². The number of rotatable bonds is 5. The molecular formula is C20H15IN2O3S. The molecule has 4 aromatic rings. The molecule has 0 unspecified atom stereocenters. The number of nitrogens with zero attached hydrogens (tertiary/aromatic N) is 2. The lowest BCUT2D eigenvalue weighted by Crippen LogP contribution is -2.30. The summed E-state index contributed by atoms with van der Waals surface area (Å²) in [6.07, 6.45) is 1.60. The maximum Gasteiger partial charge on any atom is 0.261 e. The van der Waals surface area contributed by atoms with Crippen molar-refractivity contribution in [3.63, 3.8) is 0 Å². The largest absolute Gasteiger partial charge is 0.494 e. The lowest BCUT2D eigenvalue weighted by molar-refractivity contribution is 0.0982. The van der Waals surface area contributed by atoms with Crippen LogP contribution >= 0.6 is 33.9 Å². The van der Waals surface area contributed by atoms with Gasteiger partial charge in [-0.2, -0.15) is 0 Å². The number of para-hydroxylation sites is 1. The Morgan fingerprint density at radius 1 is 1.19 bits per heavy atom. The second-order valence-corrected chi connectivity index (χ2v) is 7.93. The number of carbonyl (C=O) groups is 1. The summed E-state index contributed by atoms with van der Waals surface area (Å²) in [5.41, 5.74) is 1.39. The zero-order chi connectivity index (χ0) is 18.8. The van der Waals surface area contributed by atoms with Crippen molar-refractivity contribution < 1.29 is 13.9 Å². The first-order chi connectivity index (χ1) is 13.2. The normalized spacial score (nSPS) is 10.9. The van der Waals surface area contributed by atoms with Crippen molar-refractivity contribution in [2.75, 3.05) is 12.0 Å². The van der Waals surface area contributed by atoms with Gasteiger partial charge in [-0.15, -0.1) is 0 Å². The number of thiazole rings is 1. The molecule has 0 bridgehead atoms. The van der Waals surface area contributed by atoms with E-state index in [1.54, 1.807) is 18.3 Å². The first-order valence-electron chi connectivity index (χ1n) is 8.19. The molecule has 0 saturated carbocycles. The second kappa shape index (κ2) is 7.69. The van der Waals surface area contributed by atoms with Crippen molar-refractivity contribution in [3.8, 4) is 5.75 Å². The smallest absolute Gasteiger partial charge is 0.261 e. The van der Waals surface area contributed by atoms with Crippen LogP contribution in [0, 0.1) is 3.57 Å². The maximum atomic E-state index is 13.3. The van der Waals surface area contributed by atoms with Crippen LogP contribution in [0.4, 0.5) is 5.13 Å². The molecule has 0 radical (unpaired) electrons. The quantitative estimate of drug-likeness (QED) is 0.354. The minimum Gasteiger partial charge on any atom is -0.494 e. The van der Waals surface area contributed by atoms with Crippen LogP contribution in [-0.4, -0.2) is 18.0 Å². The van der Waals surface area contributed by atoms with E-state index in [1.165, 1.54) is 11.3 Å². The van der Waals surface area contributed by atoms with Gasteiger partial charge in [0.1, 0.15) is 17.0 Å². The van der Waals surface area contributed by atoms with Gasteiger partial charge in [0, 0.05) is 3.57 Å². The van der Waals surface area contributed by atoms with E-state index in [-0.39, 0.29) is 5.91 Å². The van der Waals surface area contributed by atoms with E-state index < -0.39 is 0 Å². The Hall–Kier alpha value is -2.39. The van der Waals surface area contributed by atoms with Gasteiger partial charge in [0.05, 0.1) is 30.2 Å². The SMILES string of the molecule is COc1cccc2sc(N(Cc3ccco3)C(=O)c3ccccc3I)nc12. The third-order valence-corrected chi connectivity index (χ3v) is 6.05. The van der Waals surface area contributed by atoms with Crippen molar-refractivity contribution in [2.45, 2.75) is 6.54 Å². The van der Waals surface area contributed by atoms with Crippen molar-refractivity contribution in [1.29, 1.82) is 0 Å². The Bertz CT molecular complexity index is 1090. The van der Waals surface area contributed by atoms with Gasteiger partial charge in [-0.25, -0.2) is 4.98 Å². The number of methoxy groups -OCH3 is 1. The highest BCUT2D eigenvalue weighted by Crippen LogP contribution is 2.35. The number of anilines is 1. The summed E-state index contributed by atoms with van der Waals surface area (Å²) in [4.78, 5) is 19.7. The van der Waals surface area contributed by atoms with E-state index in [4.69, 9.17) is 14.1 Å². The highest BCUT2D eigenvalue weighted by molar-refractivity contribution is 14.1. The van der Waals surface area contributed by atoms with Crippen molar-refractivity contribution >= 4 is 55.2 Å². The van der Waals surface area contributed by atoms with Crippen LogP contribution < -0.4 is 9.64 Å². The Morgan fingerprint density at radius 3 is 2.78 bits per heavy atom. The number of fused-ring (bicyclic) bond motifs is 1. The predicted octanol–water partition coefficient (Wildman–Crippen LogP) is 5.35. The number of hydrogen-bond donors (Lipinski definition) is 0. The molecule has 7 heteroatoms. The average Bonchev–Trinajstić information content (AvgIpc) is 3.35. The first-order valence-corrected chi connectivity index (χ1v) is 10.1. The molecule has 0 saturated heterocycles. The number of hydrogen-bond acceptors (Lipinski definition) is 5. The van der Waals surface area contributed by atoms with Gasteiger partial charge in [-0.3, -0.25) is 9.69 Å². The number of aromatic nitrogens is 1. The fourth-order valence-electron chi connectivity index (χ4n) is 2.76.